The van der Waals surface area contributed by atoms with E-state index in [0.29, 0.717) is 36.4 Å². The van der Waals surface area contributed by atoms with Gasteiger partial charge in [-0.3, -0.25) is 4.68 Å². The molecule has 1 aromatic heterocycles. The minimum Gasteiger partial charge on any atom is -0.392 e. The fourth-order valence-corrected chi connectivity index (χ4v) is 5.65. The van der Waals surface area contributed by atoms with Crippen molar-refractivity contribution in [1.82, 2.24) is 14.1 Å². The van der Waals surface area contributed by atoms with Crippen LogP contribution in [0, 0.1) is 0 Å². The van der Waals surface area contributed by atoms with Gasteiger partial charge in [0.25, 0.3) is 0 Å². The van der Waals surface area contributed by atoms with Crippen LogP contribution in [-0.4, -0.2) is 46.3 Å². The molecule has 2 heterocycles. The normalized spacial score (nSPS) is 22.0. The Hall–Kier alpha value is -0.920. The number of nitrogens with zero attached hydrogens (tertiary/aromatic N) is 3. The van der Waals surface area contributed by atoms with Gasteiger partial charge in [-0.15, -0.1) is 0 Å². The van der Waals surface area contributed by atoms with E-state index in [1.807, 2.05) is 13.8 Å². The van der Waals surface area contributed by atoms with E-state index in [2.05, 4.69) is 5.10 Å². The van der Waals surface area contributed by atoms with Crippen molar-refractivity contribution >= 4 is 10.0 Å². The molecule has 0 aromatic carbocycles. The van der Waals surface area contributed by atoms with Gasteiger partial charge in [-0.25, -0.2) is 8.42 Å². The van der Waals surface area contributed by atoms with Crippen molar-refractivity contribution in [3.8, 4) is 0 Å². The van der Waals surface area contributed by atoms with Crippen LogP contribution in [0.2, 0.25) is 0 Å². The van der Waals surface area contributed by atoms with Crippen LogP contribution in [-0.2, 0) is 29.9 Å². The third-order valence-electron chi connectivity index (χ3n) is 4.48. The SMILES string of the molecule is CCc1nn(C)c(CC)c1S(=O)(=O)N1CCCC[C@@H]1[C@@H](C)O. The Morgan fingerprint density at radius 3 is 2.55 bits per heavy atom. The van der Waals surface area contributed by atoms with Crippen LogP contribution in [0.15, 0.2) is 4.90 Å². The van der Waals surface area contributed by atoms with E-state index >= 15 is 0 Å². The van der Waals surface area contributed by atoms with Crippen LogP contribution in [0.1, 0.15) is 51.4 Å². The average molecular weight is 329 g/mol. The Morgan fingerprint density at radius 2 is 2.00 bits per heavy atom. The van der Waals surface area contributed by atoms with Crippen molar-refractivity contribution in [1.29, 1.82) is 0 Å². The number of hydrogen-bond donors (Lipinski definition) is 1. The number of aliphatic hydroxyl groups excluding tert-OH is 1. The smallest absolute Gasteiger partial charge is 0.247 e. The summed E-state index contributed by atoms with van der Waals surface area (Å²) < 4.78 is 29.6. The maximum Gasteiger partial charge on any atom is 0.247 e. The van der Waals surface area contributed by atoms with Gasteiger partial charge in [-0.05, 0) is 32.6 Å². The first-order chi connectivity index (χ1) is 10.3. The zero-order chi connectivity index (χ0) is 16.5. The highest BCUT2D eigenvalue weighted by molar-refractivity contribution is 7.89. The summed E-state index contributed by atoms with van der Waals surface area (Å²) in [6.45, 7) is 6.00. The van der Waals surface area contributed by atoms with Crippen molar-refractivity contribution in [2.45, 2.75) is 69.9 Å². The molecule has 1 aliphatic rings. The van der Waals surface area contributed by atoms with Crippen LogP contribution in [0.4, 0.5) is 0 Å². The van der Waals surface area contributed by atoms with E-state index in [9.17, 15) is 13.5 Å². The summed E-state index contributed by atoms with van der Waals surface area (Å²) in [7, 11) is -1.84. The maximum atomic E-state index is 13.2. The molecule has 6 nitrogen and oxygen atoms in total. The van der Waals surface area contributed by atoms with E-state index in [4.69, 9.17) is 0 Å². The number of hydrogen-bond acceptors (Lipinski definition) is 4. The molecule has 0 saturated carbocycles. The highest BCUT2D eigenvalue weighted by atomic mass is 32.2. The first-order valence-electron chi connectivity index (χ1n) is 8.09. The highest BCUT2D eigenvalue weighted by Crippen LogP contribution is 2.31. The first kappa shape index (κ1) is 17.4. The van der Waals surface area contributed by atoms with E-state index in [0.717, 1.165) is 18.5 Å². The van der Waals surface area contributed by atoms with Crippen LogP contribution < -0.4 is 0 Å². The third kappa shape index (κ3) is 2.94. The van der Waals surface area contributed by atoms with Crippen LogP contribution >= 0.6 is 0 Å². The van der Waals surface area contributed by atoms with Gasteiger partial charge in [-0.1, -0.05) is 20.3 Å². The van der Waals surface area contributed by atoms with Crippen molar-refractivity contribution in [3.05, 3.63) is 11.4 Å². The number of aromatic nitrogens is 2. The lowest BCUT2D eigenvalue weighted by Gasteiger charge is -2.36. The van der Waals surface area contributed by atoms with E-state index in [1.165, 1.54) is 4.31 Å². The molecule has 126 valence electrons. The lowest BCUT2D eigenvalue weighted by atomic mass is 10.0. The van der Waals surface area contributed by atoms with Gasteiger partial charge >= 0.3 is 0 Å². The van der Waals surface area contributed by atoms with Gasteiger partial charge in [0, 0.05) is 13.6 Å². The zero-order valence-corrected chi connectivity index (χ0v) is 14.7. The molecule has 0 unspecified atom stereocenters. The average Bonchev–Trinajstić information content (AvgIpc) is 2.83. The van der Waals surface area contributed by atoms with Crippen LogP contribution in [0.3, 0.4) is 0 Å². The van der Waals surface area contributed by atoms with Crippen molar-refractivity contribution in [2.24, 2.45) is 7.05 Å². The second kappa shape index (κ2) is 6.68. The molecular formula is C15H27N3O3S. The van der Waals surface area contributed by atoms with Gasteiger partial charge < -0.3 is 5.11 Å². The Balaban J connectivity index is 2.54. The van der Waals surface area contributed by atoms with Gasteiger partial charge in [0.2, 0.25) is 10.0 Å². The standard InChI is InChI=1S/C15H27N3O3S/c1-5-12-15(13(6-2)17(4)16-12)22(20,21)18-10-8-7-9-14(18)11(3)19/h11,14,19H,5-10H2,1-4H3/t11-,14-/m1/s1. The molecule has 0 amide bonds. The molecule has 1 aliphatic heterocycles. The van der Waals surface area contributed by atoms with Gasteiger partial charge in [0.1, 0.15) is 4.90 Å². The largest absolute Gasteiger partial charge is 0.392 e. The number of aliphatic hydroxyl groups is 1. The van der Waals surface area contributed by atoms with Crippen molar-refractivity contribution in [2.75, 3.05) is 6.54 Å². The second-order valence-electron chi connectivity index (χ2n) is 5.97. The fourth-order valence-electron chi connectivity index (χ4n) is 3.35. The molecule has 1 aromatic rings. The summed E-state index contributed by atoms with van der Waals surface area (Å²) in [5.74, 6) is 0. The summed E-state index contributed by atoms with van der Waals surface area (Å²) in [5.41, 5.74) is 1.36. The third-order valence-corrected chi connectivity index (χ3v) is 6.54. The van der Waals surface area contributed by atoms with Gasteiger partial charge in [-0.2, -0.15) is 9.40 Å². The lowest BCUT2D eigenvalue weighted by molar-refractivity contribution is 0.0830. The Bertz CT molecular complexity index is 622. The highest BCUT2D eigenvalue weighted by Gasteiger charge is 2.39. The number of aryl methyl sites for hydroxylation is 2. The number of rotatable bonds is 5. The molecule has 2 rings (SSSR count). The zero-order valence-electron chi connectivity index (χ0n) is 13.9. The minimum atomic E-state index is -3.63. The van der Waals surface area contributed by atoms with E-state index < -0.39 is 16.1 Å². The molecule has 7 heteroatoms. The summed E-state index contributed by atoms with van der Waals surface area (Å²) in [5, 5.41) is 14.4. The summed E-state index contributed by atoms with van der Waals surface area (Å²) in [6.07, 6.45) is 3.03. The predicted molar refractivity (Wildman–Crippen MR) is 85.2 cm³/mol. The minimum absolute atomic E-state index is 0.339. The topological polar surface area (TPSA) is 75.4 Å². The second-order valence-corrected chi connectivity index (χ2v) is 7.80. The molecule has 0 aliphatic carbocycles. The monoisotopic (exact) mass is 329 g/mol. The summed E-state index contributed by atoms with van der Waals surface area (Å²) >= 11 is 0. The summed E-state index contributed by atoms with van der Waals surface area (Å²) in [6, 6.07) is -0.339. The quantitative estimate of drug-likeness (QED) is 0.887. The Morgan fingerprint density at radius 1 is 1.32 bits per heavy atom. The van der Waals surface area contributed by atoms with E-state index in [1.54, 1.807) is 18.7 Å². The van der Waals surface area contributed by atoms with Gasteiger partial charge in [0.05, 0.1) is 23.5 Å². The van der Waals surface area contributed by atoms with Gasteiger partial charge in [0.15, 0.2) is 0 Å². The van der Waals surface area contributed by atoms with Crippen LogP contribution in [0.5, 0.6) is 0 Å². The van der Waals surface area contributed by atoms with Crippen molar-refractivity contribution < 1.29 is 13.5 Å². The molecule has 22 heavy (non-hydrogen) atoms. The Labute approximate surface area is 133 Å². The molecule has 0 radical (unpaired) electrons. The first-order valence-corrected chi connectivity index (χ1v) is 9.53. The predicted octanol–water partition coefficient (Wildman–Crippen LogP) is 1.47. The van der Waals surface area contributed by atoms with Crippen LogP contribution in [0.25, 0.3) is 0 Å². The van der Waals surface area contributed by atoms with Crippen molar-refractivity contribution in [3.63, 3.8) is 0 Å². The lowest BCUT2D eigenvalue weighted by Crippen LogP contribution is -2.49. The summed E-state index contributed by atoms with van der Waals surface area (Å²) in [4.78, 5) is 0.354. The molecule has 1 saturated heterocycles. The molecule has 0 bridgehead atoms. The number of sulfonamides is 1. The maximum absolute atomic E-state index is 13.2. The molecular weight excluding hydrogens is 302 g/mol. The molecule has 1 N–H and O–H groups in total. The molecule has 1 fully saturated rings. The Kier molecular flexibility index (Phi) is 5.29. The molecule has 0 spiro atoms. The van der Waals surface area contributed by atoms with E-state index in [-0.39, 0.29) is 6.04 Å². The fraction of sp³-hybridized carbons (Fsp3) is 0.800. The number of piperidine rings is 1. The molecule has 2 atom stereocenters.